The second-order valence-electron chi connectivity index (χ2n) is 3.32. The molecule has 1 aromatic carbocycles. The van der Waals surface area contributed by atoms with Crippen molar-refractivity contribution in [3.05, 3.63) is 33.3 Å². The Labute approximate surface area is 95.8 Å². The number of nitrogens with one attached hydrogen (secondary N) is 1. The number of carbonyl (C=O) groups is 1. The van der Waals surface area contributed by atoms with Crippen LogP contribution in [0, 0.1) is 0 Å². The standard InChI is InChI=1S/C10H9BrClNO/c11-6-1-2-8(12)7(5-6)9-3-4-10(14)13-9/h1-2,5,9H,3-4H2,(H,13,14)/t9-/m0/s1. The molecule has 2 rings (SSSR count). The summed E-state index contributed by atoms with van der Waals surface area (Å²) in [6.45, 7) is 0. The molecule has 1 aliphatic rings. The van der Waals surface area contributed by atoms with Gasteiger partial charge < -0.3 is 5.32 Å². The molecule has 74 valence electrons. The number of benzene rings is 1. The van der Waals surface area contributed by atoms with Gasteiger partial charge in [0.2, 0.25) is 5.91 Å². The van der Waals surface area contributed by atoms with Crippen LogP contribution in [0.2, 0.25) is 5.02 Å². The summed E-state index contributed by atoms with van der Waals surface area (Å²) in [5.74, 6) is 0.103. The van der Waals surface area contributed by atoms with Crippen LogP contribution in [-0.2, 0) is 4.79 Å². The van der Waals surface area contributed by atoms with Crippen LogP contribution in [0.25, 0.3) is 0 Å². The van der Waals surface area contributed by atoms with E-state index < -0.39 is 0 Å². The van der Waals surface area contributed by atoms with Gasteiger partial charge >= 0.3 is 0 Å². The molecule has 1 heterocycles. The molecule has 0 saturated carbocycles. The minimum atomic E-state index is 0.0764. The molecule has 0 aromatic heterocycles. The molecule has 1 amide bonds. The van der Waals surface area contributed by atoms with Crippen LogP contribution in [0.4, 0.5) is 0 Å². The Hall–Kier alpha value is -0.540. The fourth-order valence-electron chi connectivity index (χ4n) is 1.63. The number of carbonyl (C=O) groups excluding carboxylic acids is 1. The van der Waals surface area contributed by atoms with E-state index in [-0.39, 0.29) is 11.9 Å². The molecule has 0 unspecified atom stereocenters. The lowest BCUT2D eigenvalue weighted by molar-refractivity contribution is -0.119. The van der Waals surface area contributed by atoms with E-state index in [9.17, 15) is 4.79 Å². The lowest BCUT2D eigenvalue weighted by Gasteiger charge is -2.12. The molecule has 0 bridgehead atoms. The molecule has 1 atom stereocenters. The normalized spacial score (nSPS) is 21.0. The van der Waals surface area contributed by atoms with Gasteiger partial charge in [0.15, 0.2) is 0 Å². The quantitative estimate of drug-likeness (QED) is 0.838. The molecule has 1 N–H and O–H groups in total. The maximum Gasteiger partial charge on any atom is 0.220 e. The summed E-state index contributed by atoms with van der Waals surface area (Å²) in [5.41, 5.74) is 0.992. The van der Waals surface area contributed by atoms with Crippen LogP contribution < -0.4 is 5.32 Å². The summed E-state index contributed by atoms with van der Waals surface area (Å²) >= 11 is 9.44. The summed E-state index contributed by atoms with van der Waals surface area (Å²) in [5, 5.41) is 3.60. The van der Waals surface area contributed by atoms with Gasteiger partial charge in [0, 0.05) is 15.9 Å². The summed E-state index contributed by atoms with van der Waals surface area (Å²) in [7, 11) is 0. The van der Waals surface area contributed by atoms with Crippen LogP contribution in [0.3, 0.4) is 0 Å². The van der Waals surface area contributed by atoms with E-state index in [2.05, 4.69) is 21.2 Å². The lowest BCUT2D eigenvalue weighted by Crippen LogP contribution is -2.18. The number of hydrogen-bond donors (Lipinski definition) is 1. The Bertz CT molecular complexity index is 380. The number of halogens is 2. The van der Waals surface area contributed by atoms with Gasteiger partial charge in [-0.25, -0.2) is 0 Å². The maximum atomic E-state index is 11.1. The van der Waals surface area contributed by atoms with Gasteiger partial charge in [0.05, 0.1) is 6.04 Å². The minimum Gasteiger partial charge on any atom is -0.349 e. The predicted octanol–water partition coefficient (Wildman–Crippen LogP) is 3.05. The first-order chi connectivity index (χ1) is 6.66. The fraction of sp³-hybridized carbons (Fsp3) is 0.300. The van der Waals surface area contributed by atoms with Crippen LogP contribution in [-0.4, -0.2) is 5.91 Å². The molecule has 1 saturated heterocycles. The SMILES string of the molecule is O=C1CC[C@@H](c2cc(Br)ccc2Cl)N1. The smallest absolute Gasteiger partial charge is 0.220 e. The summed E-state index contributed by atoms with van der Waals surface area (Å²) < 4.78 is 0.984. The maximum absolute atomic E-state index is 11.1. The third-order valence-corrected chi connectivity index (χ3v) is 3.17. The molecule has 4 heteroatoms. The molecule has 2 nitrogen and oxygen atoms in total. The molecular weight excluding hydrogens is 265 g/mol. The number of hydrogen-bond acceptors (Lipinski definition) is 1. The van der Waals surface area contributed by atoms with Crippen LogP contribution in [0.15, 0.2) is 22.7 Å². The highest BCUT2D eigenvalue weighted by molar-refractivity contribution is 9.10. The van der Waals surface area contributed by atoms with Gasteiger partial charge in [0.1, 0.15) is 0 Å². The third kappa shape index (κ3) is 1.93. The summed E-state index contributed by atoms with van der Waals surface area (Å²) in [4.78, 5) is 11.1. The summed E-state index contributed by atoms with van der Waals surface area (Å²) in [6, 6.07) is 5.76. The minimum absolute atomic E-state index is 0.0764. The second-order valence-corrected chi connectivity index (χ2v) is 4.65. The molecule has 0 spiro atoms. The van der Waals surface area contributed by atoms with Gasteiger partial charge in [-0.1, -0.05) is 27.5 Å². The molecule has 0 radical (unpaired) electrons. The van der Waals surface area contributed by atoms with Crippen LogP contribution in [0.1, 0.15) is 24.4 Å². The van der Waals surface area contributed by atoms with Crippen molar-refractivity contribution in [3.8, 4) is 0 Å². The highest BCUT2D eigenvalue weighted by Crippen LogP contribution is 2.31. The summed E-state index contributed by atoms with van der Waals surface area (Å²) in [6.07, 6.45) is 1.42. The van der Waals surface area contributed by atoms with Gasteiger partial charge in [-0.05, 0) is 30.2 Å². The van der Waals surface area contributed by atoms with E-state index in [1.165, 1.54) is 0 Å². The largest absolute Gasteiger partial charge is 0.349 e. The number of amides is 1. The highest BCUT2D eigenvalue weighted by Gasteiger charge is 2.23. The second kappa shape index (κ2) is 3.91. The first kappa shape index (κ1) is 9.99. The fourth-order valence-corrected chi connectivity index (χ4v) is 2.26. The average Bonchev–Trinajstić information content (AvgIpc) is 2.56. The predicted molar refractivity (Wildman–Crippen MR) is 59.3 cm³/mol. The van der Waals surface area contributed by atoms with E-state index in [0.717, 1.165) is 16.5 Å². The first-order valence-electron chi connectivity index (χ1n) is 4.41. The van der Waals surface area contributed by atoms with Crippen molar-refractivity contribution in [3.63, 3.8) is 0 Å². The van der Waals surface area contributed by atoms with Crippen molar-refractivity contribution in [2.75, 3.05) is 0 Å². The van der Waals surface area contributed by atoms with E-state index in [4.69, 9.17) is 11.6 Å². The molecular formula is C10H9BrClNO. The topological polar surface area (TPSA) is 29.1 Å². The third-order valence-electron chi connectivity index (χ3n) is 2.33. The Morgan fingerprint density at radius 1 is 1.50 bits per heavy atom. The van der Waals surface area contributed by atoms with Crippen molar-refractivity contribution in [2.24, 2.45) is 0 Å². The average molecular weight is 275 g/mol. The zero-order valence-electron chi connectivity index (χ0n) is 7.39. The highest BCUT2D eigenvalue weighted by atomic mass is 79.9. The Morgan fingerprint density at radius 2 is 2.29 bits per heavy atom. The van der Waals surface area contributed by atoms with Gasteiger partial charge in [-0.3, -0.25) is 4.79 Å². The molecule has 0 aliphatic carbocycles. The van der Waals surface area contributed by atoms with E-state index in [1.54, 1.807) is 0 Å². The Morgan fingerprint density at radius 3 is 2.93 bits per heavy atom. The van der Waals surface area contributed by atoms with Crippen molar-refractivity contribution in [1.82, 2.24) is 5.32 Å². The van der Waals surface area contributed by atoms with Crippen molar-refractivity contribution in [1.29, 1.82) is 0 Å². The molecule has 14 heavy (non-hydrogen) atoms. The van der Waals surface area contributed by atoms with Crippen molar-refractivity contribution < 1.29 is 4.79 Å². The zero-order valence-corrected chi connectivity index (χ0v) is 9.73. The van der Waals surface area contributed by atoms with E-state index in [1.807, 2.05) is 18.2 Å². The first-order valence-corrected chi connectivity index (χ1v) is 5.58. The van der Waals surface area contributed by atoms with Gasteiger partial charge in [-0.2, -0.15) is 0 Å². The van der Waals surface area contributed by atoms with Crippen LogP contribution >= 0.6 is 27.5 Å². The van der Waals surface area contributed by atoms with Crippen LogP contribution in [0.5, 0.6) is 0 Å². The Kier molecular flexibility index (Phi) is 2.79. The zero-order chi connectivity index (χ0) is 10.1. The van der Waals surface area contributed by atoms with E-state index >= 15 is 0 Å². The van der Waals surface area contributed by atoms with Gasteiger partial charge in [-0.15, -0.1) is 0 Å². The molecule has 1 aromatic rings. The molecule has 1 fully saturated rings. The van der Waals surface area contributed by atoms with E-state index in [0.29, 0.717) is 11.4 Å². The number of rotatable bonds is 1. The monoisotopic (exact) mass is 273 g/mol. The Balaban J connectivity index is 2.31. The van der Waals surface area contributed by atoms with Gasteiger partial charge in [0.25, 0.3) is 0 Å². The molecule has 1 aliphatic heterocycles. The van der Waals surface area contributed by atoms with Crippen molar-refractivity contribution >= 4 is 33.4 Å². The lowest BCUT2D eigenvalue weighted by atomic mass is 10.1. The van der Waals surface area contributed by atoms with Crippen molar-refractivity contribution in [2.45, 2.75) is 18.9 Å².